The van der Waals surface area contributed by atoms with Gasteiger partial charge in [-0.05, 0) is 45.6 Å². The van der Waals surface area contributed by atoms with Gasteiger partial charge in [-0.15, -0.1) is 0 Å². The zero-order valence-electron chi connectivity index (χ0n) is 9.09. The Balaban J connectivity index is 2.84. The molecule has 0 aliphatic rings. The Labute approximate surface area is 112 Å². The molecule has 1 aromatic heterocycles. The molecular formula is C12H12Br2N2. The van der Waals surface area contributed by atoms with Gasteiger partial charge in [-0.1, -0.05) is 29.8 Å². The number of pyridine rings is 1. The number of halogens is 2. The molecule has 84 valence electrons. The van der Waals surface area contributed by atoms with E-state index in [0.29, 0.717) is 11.7 Å². The third kappa shape index (κ3) is 1.96. The third-order valence-electron chi connectivity index (χ3n) is 2.56. The summed E-state index contributed by atoms with van der Waals surface area (Å²) in [4.78, 5) is 4.46. The van der Waals surface area contributed by atoms with E-state index in [1.165, 1.54) is 0 Å². The summed E-state index contributed by atoms with van der Waals surface area (Å²) in [6.45, 7) is 4.23. The van der Waals surface area contributed by atoms with Crippen molar-refractivity contribution in [3.05, 3.63) is 32.7 Å². The number of nitrogens with zero attached hydrogens (tertiary/aromatic N) is 1. The van der Waals surface area contributed by atoms with Gasteiger partial charge in [0, 0.05) is 14.3 Å². The molecule has 16 heavy (non-hydrogen) atoms. The first-order chi connectivity index (χ1) is 7.50. The summed E-state index contributed by atoms with van der Waals surface area (Å²) < 4.78 is 2.01. The normalized spacial score (nSPS) is 11.3. The second-order valence-electron chi connectivity index (χ2n) is 4.04. The molecule has 0 radical (unpaired) electrons. The zero-order chi connectivity index (χ0) is 11.9. The van der Waals surface area contributed by atoms with Gasteiger partial charge >= 0.3 is 0 Å². The lowest BCUT2D eigenvalue weighted by Crippen LogP contribution is -2.00. The van der Waals surface area contributed by atoms with Crippen LogP contribution < -0.4 is 5.73 Å². The third-order valence-corrected chi connectivity index (χ3v) is 3.90. The average Bonchev–Trinajstić information content (AvgIpc) is 2.23. The van der Waals surface area contributed by atoms with E-state index in [1.54, 1.807) is 0 Å². The van der Waals surface area contributed by atoms with E-state index in [2.05, 4.69) is 56.8 Å². The van der Waals surface area contributed by atoms with Crippen LogP contribution in [0.2, 0.25) is 0 Å². The fourth-order valence-electron chi connectivity index (χ4n) is 1.68. The minimum absolute atomic E-state index is 0.378. The van der Waals surface area contributed by atoms with E-state index < -0.39 is 0 Å². The molecule has 2 nitrogen and oxygen atoms in total. The van der Waals surface area contributed by atoms with Crippen LogP contribution in [0.1, 0.15) is 25.3 Å². The summed E-state index contributed by atoms with van der Waals surface area (Å²) in [5, 5.41) is 1.09. The molecule has 1 heterocycles. The standard InChI is InChI=1S/C12H12Br2N2/c1-6(2)7-5-8-9(13)3-4-10(14)11(8)16-12(7)15/h3-6H,1-2H3,(H2,15,16). The van der Waals surface area contributed by atoms with Crippen LogP contribution in [-0.4, -0.2) is 4.98 Å². The van der Waals surface area contributed by atoms with Gasteiger partial charge in [0.05, 0.1) is 5.52 Å². The van der Waals surface area contributed by atoms with E-state index in [4.69, 9.17) is 5.73 Å². The summed E-state index contributed by atoms with van der Waals surface area (Å²) >= 11 is 7.03. The Kier molecular flexibility index (Phi) is 3.22. The van der Waals surface area contributed by atoms with Gasteiger partial charge in [0.1, 0.15) is 5.82 Å². The van der Waals surface area contributed by atoms with E-state index in [-0.39, 0.29) is 0 Å². The van der Waals surface area contributed by atoms with Crippen molar-refractivity contribution in [2.45, 2.75) is 19.8 Å². The number of hydrogen-bond donors (Lipinski definition) is 1. The Morgan fingerprint density at radius 1 is 1.19 bits per heavy atom. The molecule has 0 aliphatic carbocycles. The fraction of sp³-hybridized carbons (Fsp3) is 0.250. The van der Waals surface area contributed by atoms with Gasteiger partial charge in [-0.25, -0.2) is 4.98 Å². The lowest BCUT2D eigenvalue weighted by molar-refractivity contribution is 0.866. The number of hydrogen-bond acceptors (Lipinski definition) is 2. The van der Waals surface area contributed by atoms with Crippen molar-refractivity contribution in [3.63, 3.8) is 0 Å². The molecule has 0 fully saturated rings. The Bertz CT molecular complexity index is 550. The molecule has 0 atom stereocenters. The number of anilines is 1. The quantitative estimate of drug-likeness (QED) is 0.829. The summed E-state index contributed by atoms with van der Waals surface area (Å²) in [6.07, 6.45) is 0. The Hall–Kier alpha value is -0.610. The maximum Gasteiger partial charge on any atom is 0.127 e. The van der Waals surface area contributed by atoms with E-state index in [1.807, 2.05) is 12.1 Å². The second kappa shape index (κ2) is 4.34. The highest BCUT2D eigenvalue weighted by Crippen LogP contribution is 2.33. The number of rotatable bonds is 1. The molecule has 0 amide bonds. The molecule has 2 aromatic rings. The van der Waals surface area contributed by atoms with Gasteiger partial charge < -0.3 is 5.73 Å². The Morgan fingerprint density at radius 2 is 1.81 bits per heavy atom. The molecule has 1 aromatic carbocycles. The highest BCUT2D eigenvalue weighted by molar-refractivity contribution is 9.11. The number of aromatic nitrogens is 1. The van der Waals surface area contributed by atoms with Gasteiger partial charge in [0.2, 0.25) is 0 Å². The lowest BCUT2D eigenvalue weighted by atomic mass is 10.0. The number of fused-ring (bicyclic) bond motifs is 1. The fourth-order valence-corrected chi connectivity index (χ4v) is 2.55. The molecule has 2 N–H and O–H groups in total. The highest BCUT2D eigenvalue weighted by Gasteiger charge is 2.11. The first-order valence-corrected chi connectivity index (χ1v) is 6.63. The molecule has 0 bridgehead atoms. The van der Waals surface area contributed by atoms with E-state index in [0.717, 1.165) is 25.4 Å². The molecule has 0 saturated heterocycles. The van der Waals surface area contributed by atoms with Crippen molar-refractivity contribution < 1.29 is 0 Å². The molecular weight excluding hydrogens is 332 g/mol. The Morgan fingerprint density at radius 3 is 2.44 bits per heavy atom. The topological polar surface area (TPSA) is 38.9 Å². The maximum absolute atomic E-state index is 5.96. The largest absolute Gasteiger partial charge is 0.383 e. The van der Waals surface area contributed by atoms with Crippen LogP contribution in [0.4, 0.5) is 5.82 Å². The minimum atomic E-state index is 0.378. The number of benzene rings is 1. The van der Waals surface area contributed by atoms with Crippen LogP contribution in [0.25, 0.3) is 10.9 Å². The highest BCUT2D eigenvalue weighted by atomic mass is 79.9. The van der Waals surface area contributed by atoms with E-state index >= 15 is 0 Å². The van der Waals surface area contributed by atoms with Crippen molar-refractivity contribution >= 4 is 48.6 Å². The molecule has 4 heteroatoms. The lowest BCUT2D eigenvalue weighted by Gasteiger charge is -2.11. The van der Waals surface area contributed by atoms with Crippen LogP contribution in [0.3, 0.4) is 0 Å². The summed E-state index contributed by atoms with van der Waals surface area (Å²) in [5.74, 6) is 0.990. The van der Waals surface area contributed by atoms with Crippen LogP contribution in [-0.2, 0) is 0 Å². The van der Waals surface area contributed by atoms with Crippen molar-refractivity contribution in [1.82, 2.24) is 4.98 Å². The SMILES string of the molecule is CC(C)c1cc2c(Br)ccc(Br)c2nc1N. The van der Waals surface area contributed by atoms with Gasteiger partial charge in [0.15, 0.2) is 0 Å². The van der Waals surface area contributed by atoms with Crippen molar-refractivity contribution in [3.8, 4) is 0 Å². The van der Waals surface area contributed by atoms with Crippen LogP contribution in [0.15, 0.2) is 27.1 Å². The monoisotopic (exact) mass is 342 g/mol. The van der Waals surface area contributed by atoms with Crippen LogP contribution in [0, 0.1) is 0 Å². The van der Waals surface area contributed by atoms with Gasteiger partial charge in [0.25, 0.3) is 0 Å². The number of nitrogen functional groups attached to an aromatic ring is 1. The van der Waals surface area contributed by atoms with Gasteiger partial charge in [-0.2, -0.15) is 0 Å². The first kappa shape index (κ1) is 11.9. The molecule has 0 spiro atoms. The summed E-state index contributed by atoms with van der Waals surface area (Å²) in [7, 11) is 0. The smallest absolute Gasteiger partial charge is 0.127 e. The molecule has 0 unspecified atom stereocenters. The second-order valence-corrected chi connectivity index (χ2v) is 5.75. The molecule has 0 aliphatic heterocycles. The average molecular weight is 344 g/mol. The maximum atomic E-state index is 5.96. The summed E-state index contributed by atoms with van der Waals surface area (Å²) in [5.41, 5.74) is 7.95. The zero-order valence-corrected chi connectivity index (χ0v) is 12.3. The predicted molar refractivity (Wildman–Crippen MR) is 75.6 cm³/mol. The van der Waals surface area contributed by atoms with Crippen molar-refractivity contribution in [1.29, 1.82) is 0 Å². The minimum Gasteiger partial charge on any atom is -0.383 e. The first-order valence-electron chi connectivity index (χ1n) is 5.05. The van der Waals surface area contributed by atoms with Crippen LogP contribution >= 0.6 is 31.9 Å². The molecule has 0 saturated carbocycles. The number of nitrogens with two attached hydrogens (primary N) is 1. The summed E-state index contributed by atoms with van der Waals surface area (Å²) in [6, 6.07) is 6.08. The van der Waals surface area contributed by atoms with Crippen LogP contribution in [0.5, 0.6) is 0 Å². The predicted octanol–water partition coefficient (Wildman–Crippen LogP) is 4.47. The van der Waals surface area contributed by atoms with Gasteiger partial charge in [-0.3, -0.25) is 0 Å². The van der Waals surface area contributed by atoms with Crippen molar-refractivity contribution in [2.24, 2.45) is 0 Å². The van der Waals surface area contributed by atoms with Crippen molar-refractivity contribution in [2.75, 3.05) is 5.73 Å². The molecule has 2 rings (SSSR count). The van der Waals surface area contributed by atoms with E-state index in [9.17, 15) is 0 Å².